The van der Waals surface area contributed by atoms with Crippen LogP contribution < -0.4 is 0 Å². The lowest BCUT2D eigenvalue weighted by Gasteiger charge is -2.10. The summed E-state index contributed by atoms with van der Waals surface area (Å²) in [5.41, 5.74) is 0. The van der Waals surface area contributed by atoms with Crippen LogP contribution in [0.4, 0.5) is 0 Å². The summed E-state index contributed by atoms with van der Waals surface area (Å²) in [6, 6.07) is 0. The van der Waals surface area contributed by atoms with Gasteiger partial charge in [-0.05, 0) is 25.7 Å². The van der Waals surface area contributed by atoms with Crippen molar-refractivity contribution in [1.29, 1.82) is 0 Å². The molecule has 0 saturated heterocycles. The van der Waals surface area contributed by atoms with Crippen molar-refractivity contribution in [2.24, 2.45) is 5.92 Å². The van der Waals surface area contributed by atoms with Crippen molar-refractivity contribution < 1.29 is 14.6 Å². The predicted octanol–water partition coefficient (Wildman–Crippen LogP) is 4.20. The molecule has 2 unspecified atom stereocenters. The number of carbonyl (C=O) groups excluding carboxylic acids is 1. The smallest absolute Gasteiger partial charge is 0.304 e. The molecule has 3 heteroatoms. The van der Waals surface area contributed by atoms with Gasteiger partial charge in [0.1, 0.15) is 0 Å². The Kier molecular flexibility index (Phi) is 11.7. The van der Waals surface area contributed by atoms with Crippen LogP contribution in [0.15, 0.2) is 12.2 Å². The predicted molar refractivity (Wildman–Crippen MR) is 78.7 cm³/mol. The second-order valence-electron chi connectivity index (χ2n) is 5.27. The van der Waals surface area contributed by atoms with Gasteiger partial charge in [0.2, 0.25) is 6.29 Å². The molecule has 1 N–H and O–H groups in total. The highest BCUT2D eigenvalue weighted by Gasteiger charge is 2.06. The number of aliphatic hydroxyl groups excluding tert-OH is 1. The Balaban J connectivity index is 3.25. The Morgan fingerprint density at radius 1 is 1.11 bits per heavy atom. The number of hydrogen-bond acceptors (Lipinski definition) is 3. The zero-order valence-corrected chi connectivity index (χ0v) is 12.7. The first-order chi connectivity index (χ1) is 9.06. The molecular formula is C16H30O3. The third-order valence-corrected chi connectivity index (χ3v) is 3.18. The van der Waals surface area contributed by atoms with Crippen LogP contribution in [0.2, 0.25) is 0 Å². The zero-order valence-electron chi connectivity index (χ0n) is 12.7. The molecule has 0 aliphatic carbocycles. The highest BCUT2D eigenvalue weighted by molar-refractivity contribution is 5.65. The Morgan fingerprint density at radius 3 is 2.16 bits per heavy atom. The van der Waals surface area contributed by atoms with Gasteiger partial charge in [0.05, 0.1) is 0 Å². The first-order valence-corrected chi connectivity index (χ1v) is 7.54. The Hall–Kier alpha value is -0.830. The molecule has 0 bridgehead atoms. The molecule has 0 aliphatic heterocycles. The molecule has 0 heterocycles. The standard InChI is InChI=1S/C16H30O3/c1-4-11-14(2)12-9-7-5-6-8-10-13-16(18)19-15(3)17/h4,11,14,16,18H,5-10,12-13H2,1-3H3. The molecule has 0 spiro atoms. The summed E-state index contributed by atoms with van der Waals surface area (Å²) in [6.45, 7) is 5.65. The number of aliphatic hydroxyl groups is 1. The largest absolute Gasteiger partial charge is 0.436 e. The topological polar surface area (TPSA) is 46.5 Å². The molecule has 0 amide bonds. The molecule has 112 valence electrons. The number of hydrogen-bond donors (Lipinski definition) is 1. The van der Waals surface area contributed by atoms with Crippen LogP contribution in [0.3, 0.4) is 0 Å². The van der Waals surface area contributed by atoms with Gasteiger partial charge in [-0.1, -0.05) is 51.2 Å². The summed E-state index contributed by atoms with van der Waals surface area (Å²) in [4.78, 5) is 10.6. The minimum atomic E-state index is -0.917. The van der Waals surface area contributed by atoms with Crippen molar-refractivity contribution in [3.8, 4) is 0 Å². The van der Waals surface area contributed by atoms with E-state index in [1.165, 1.54) is 39.0 Å². The van der Waals surface area contributed by atoms with Gasteiger partial charge in [0.15, 0.2) is 0 Å². The SMILES string of the molecule is CC=CC(C)CCCCCCCCC(O)OC(C)=O. The number of unbranched alkanes of at least 4 members (excludes halogenated alkanes) is 5. The van der Waals surface area contributed by atoms with Gasteiger partial charge in [-0.25, -0.2) is 0 Å². The molecule has 0 radical (unpaired) electrons. The third-order valence-electron chi connectivity index (χ3n) is 3.18. The highest BCUT2D eigenvalue weighted by atomic mass is 16.6. The van der Waals surface area contributed by atoms with Gasteiger partial charge < -0.3 is 9.84 Å². The van der Waals surface area contributed by atoms with Crippen LogP contribution in [0, 0.1) is 5.92 Å². The normalized spacial score (nSPS) is 14.5. The second-order valence-corrected chi connectivity index (χ2v) is 5.27. The molecule has 0 aliphatic rings. The van der Waals surface area contributed by atoms with Crippen LogP contribution >= 0.6 is 0 Å². The van der Waals surface area contributed by atoms with Crippen LogP contribution in [-0.4, -0.2) is 17.4 Å². The lowest BCUT2D eigenvalue weighted by molar-refractivity contribution is -0.165. The van der Waals surface area contributed by atoms with Gasteiger partial charge in [0, 0.05) is 13.3 Å². The molecule has 0 aromatic heterocycles. The van der Waals surface area contributed by atoms with E-state index in [0.717, 1.165) is 12.8 Å². The van der Waals surface area contributed by atoms with Gasteiger partial charge in [-0.2, -0.15) is 0 Å². The summed E-state index contributed by atoms with van der Waals surface area (Å²) in [5.74, 6) is 0.284. The first kappa shape index (κ1) is 18.2. The van der Waals surface area contributed by atoms with Crippen molar-refractivity contribution in [3.05, 3.63) is 12.2 Å². The fourth-order valence-corrected chi connectivity index (χ4v) is 2.17. The first-order valence-electron chi connectivity index (χ1n) is 7.54. The average Bonchev–Trinajstić information content (AvgIpc) is 2.32. The number of carbonyl (C=O) groups is 1. The maximum atomic E-state index is 10.6. The molecule has 19 heavy (non-hydrogen) atoms. The molecular weight excluding hydrogens is 240 g/mol. The van der Waals surface area contributed by atoms with Crippen LogP contribution in [0.1, 0.15) is 72.1 Å². The molecule has 0 saturated carbocycles. The average molecular weight is 270 g/mol. The summed E-state index contributed by atoms with van der Waals surface area (Å²) in [6.07, 6.45) is 12.3. The van der Waals surface area contributed by atoms with E-state index in [4.69, 9.17) is 0 Å². The van der Waals surface area contributed by atoms with E-state index in [1.54, 1.807) is 0 Å². The van der Waals surface area contributed by atoms with E-state index >= 15 is 0 Å². The van der Waals surface area contributed by atoms with Crippen molar-refractivity contribution in [2.45, 2.75) is 78.4 Å². The lowest BCUT2D eigenvalue weighted by atomic mass is 10.0. The number of esters is 1. The van der Waals surface area contributed by atoms with Crippen molar-refractivity contribution in [2.75, 3.05) is 0 Å². The van der Waals surface area contributed by atoms with Crippen molar-refractivity contribution in [3.63, 3.8) is 0 Å². The van der Waals surface area contributed by atoms with Crippen LogP contribution in [-0.2, 0) is 9.53 Å². The number of rotatable bonds is 11. The Morgan fingerprint density at radius 2 is 1.63 bits per heavy atom. The molecule has 0 aromatic carbocycles. The molecule has 0 rings (SSSR count). The number of ether oxygens (including phenoxy) is 1. The lowest BCUT2D eigenvalue weighted by Crippen LogP contribution is -2.14. The van der Waals surface area contributed by atoms with Crippen LogP contribution in [0.5, 0.6) is 0 Å². The molecule has 0 aromatic rings. The minimum Gasteiger partial charge on any atom is -0.436 e. The van der Waals surface area contributed by atoms with E-state index in [0.29, 0.717) is 12.3 Å². The summed E-state index contributed by atoms with van der Waals surface area (Å²) in [5, 5.41) is 9.32. The third kappa shape index (κ3) is 13.4. The Bertz CT molecular complexity index is 248. The summed E-state index contributed by atoms with van der Waals surface area (Å²) < 4.78 is 4.65. The van der Waals surface area contributed by atoms with E-state index in [1.807, 2.05) is 0 Å². The fraction of sp³-hybridized carbons (Fsp3) is 0.812. The summed E-state index contributed by atoms with van der Waals surface area (Å²) >= 11 is 0. The second kappa shape index (κ2) is 12.2. The van der Waals surface area contributed by atoms with E-state index in [-0.39, 0.29) is 0 Å². The van der Waals surface area contributed by atoms with Gasteiger partial charge >= 0.3 is 5.97 Å². The highest BCUT2D eigenvalue weighted by Crippen LogP contribution is 2.14. The maximum Gasteiger partial charge on any atom is 0.304 e. The van der Waals surface area contributed by atoms with E-state index in [9.17, 15) is 9.90 Å². The summed E-state index contributed by atoms with van der Waals surface area (Å²) in [7, 11) is 0. The van der Waals surface area contributed by atoms with Gasteiger partial charge in [-0.3, -0.25) is 4.79 Å². The van der Waals surface area contributed by atoms with Crippen molar-refractivity contribution in [1.82, 2.24) is 0 Å². The minimum absolute atomic E-state index is 0.414. The van der Waals surface area contributed by atoms with E-state index < -0.39 is 12.3 Å². The van der Waals surface area contributed by atoms with E-state index in [2.05, 4.69) is 30.7 Å². The Labute approximate surface area is 118 Å². The zero-order chi connectivity index (χ0) is 14.5. The monoisotopic (exact) mass is 270 g/mol. The molecule has 3 nitrogen and oxygen atoms in total. The maximum absolute atomic E-state index is 10.6. The van der Waals surface area contributed by atoms with Crippen LogP contribution in [0.25, 0.3) is 0 Å². The molecule has 0 fully saturated rings. The fourth-order valence-electron chi connectivity index (χ4n) is 2.17. The number of allylic oxidation sites excluding steroid dienone is 2. The van der Waals surface area contributed by atoms with Gasteiger partial charge in [0.25, 0.3) is 0 Å². The van der Waals surface area contributed by atoms with Gasteiger partial charge in [-0.15, -0.1) is 0 Å². The quantitative estimate of drug-likeness (QED) is 0.265. The molecule has 2 atom stereocenters. The van der Waals surface area contributed by atoms with Crippen molar-refractivity contribution >= 4 is 5.97 Å².